The molecule has 80 valence electrons. The van der Waals surface area contributed by atoms with Crippen molar-refractivity contribution in [3.8, 4) is 0 Å². The van der Waals surface area contributed by atoms with Crippen molar-refractivity contribution in [1.82, 2.24) is 19.8 Å². The van der Waals surface area contributed by atoms with Gasteiger partial charge in [-0.05, 0) is 23.4 Å². The van der Waals surface area contributed by atoms with Crippen molar-refractivity contribution in [2.24, 2.45) is 0 Å². The van der Waals surface area contributed by atoms with Crippen molar-refractivity contribution in [3.05, 3.63) is 53.1 Å². The highest BCUT2D eigenvalue weighted by Gasteiger charge is 1.96. The predicted octanol–water partition coefficient (Wildman–Crippen LogP) is 1.46. The summed E-state index contributed by atoms with van der Waals surface area (Å²) in [5.41, 5.74) is 0.0144. The van der Waals surface area contributed by atoms with Gasteiger partial charge in [0.05, 0.1) is 22.5 Å². The molecule has 2 aromatic heterocycles. The first kappa shape index (κ1) is 10.4. The molecular weight excluding hydrogens is 224 g/mol. The summed E-state index contributed by atoms with van der Waals surface area (Å²) in [6.07, 6.45) is 3.15. The Morgan fingerprint density at radius 1 is 1.06 bits per heavy atom. The molecule has 0 radical (unpaired) electrons. The van der Waals surface area contributed by atoms with Crippen molar-refractivity contribution < 1.29 is 0 Å². The molecule has 1 aromatic carbocycles. The molecule has 0 unspecified atom stereocenters. The maximum absolute atomic E-state index is 10.9. The molecule has 0 atom stereocenters. The third-order valence-corrected chi connectivity index (χ3v) is 2.66. The van der Waals surface area contributed by atoms with Gasteiger partial charge in [-0.15, -0.1) is 10.2 Å². The number of aromatic amines is 1. The van der Waals surface area contributed by atoms with E-state index in [0.717, 1.165) is 10.1 Å². The summed E-state index contributed by atoms with van der Waals surface area (Å²) in [6.45, 7) is 0. The molecule has 16 heavy (non-hydrogen) atoms. The van der Waals surface area contributed by atoms with E-state index in [1.807, 2.05) is 24.3 Å². The zero-order valence-electron chi connectivity index (χ0n) is 8.20. The Morgan fingerprint density at radius 3 is 2.38 bits per heavy atom. The second-order valence-electron chi connectivity index (χ2n) is 2.84. The van der Waals surface area contributed by atoms with Gasteiger partial charge < -0.3 is 0 Å². The summed E-state index contributed by atoms with van der Waals surface area (Å²) in [5.74, 6) is 0. The molecule has 0 aliphatic rings. The summed E-state index contributed by atoms with van der Waals surface area (Å²) < 4.78 is 3.68. The van der Waals surface area contributed by atoms with E-state index < -0.39 is 0 Å². The normalized spacial score (nSPS) is 9.50. The maximum atomic E-state index is 10.9. The number of nitrogens with zero attached hydrogens (tertiary/aromatic N) is 3. The maximum Gasteiger partial charge on any atom is 0.265 e. The van der Waals surface area contributed by atoms with Crippen LogP contribution in [-0.4, -0.2) is 19.8 Å². The molecule has 0 fully saturated rings. The van der Waals surface area contributed by atoms with Crippen LogP contribution in [0.1, 0.15) is 0 Å². The number of fused-ring (bicyclic) bond motifs is 1. The zero-order valence-corrected chi connectivity index (χ0v) is 9.02. The van der Waals surface area contributed by atoms with E-state index in [9.17, 15) is 4.79 Å². The van der Waals surface area contributed by atoms with Crippen LogP contribution in [-0.2, 0) is 0 Å². The minimum atomic E-state index is 0.0144. The molecule has 0 bridgehead atoms. The van der Waals surface area contributed by atoms with E-state index in [4.69, 9.17) is 0 Å². The average molecular weight is 232 g/mol. The van der Waals surface area contributed by atoms with Gasteiger partial charge in [-0.1, -0.05) is 23.7 Å². The SMILES string of the molecule is O=c1[nH]sc2ccccc12.c1cnnnc1. The first-order chi connectivity index (χ1) is 7.88. The number of H-pyrrole nitrogens is 1. The minimum Gasteiger partial charge on any atom is -0.277 e. The fourth-order valence-corrected chi connectivity index (χ4v) is 1.83. The molecule has 3 aromatic rings. The fourth-order valence-electron chi connectivity index (χ4n) is 1.10. The second kappa shape index (κ2) is 5.13. The van der Waals surface area contributed by atoms with Gasteiger partial charge in [0, 0.05) is 0 Å². The van der Waals surface area contributed by atoms with Gasteiger partial charge in [-0.2, -0.15) is 0 Å². The van der Waals surface area contributed by atoms with Gasteiger partial charge >= 0.3 is 0 Å². The lowest BCUT2D eigenvalue weighted by Gasteiger charge is -1.79. The van der Waals surface area contributed by atoms with Gasteiger partial charge in [-0.25, -0.2) is 0 Å². The second-order valence-corrected chi connectivity index (χ2v) is 3.69. The first-order valence-corrected chi connectivity index (χ1v) is 5.34. The van der Waals surface area contributed by atoms with E-state index in [0.29, 0.717) is 0 Å². The van der Waals surface area contributed by atoms with E-state index in [-0.39, 0.29) is 5.56 Å². The molecule has 6 heteroatoms. The van der Waals surface area contributed by atoms with Gasteiger partial charge in [0.15, 0.2) is 0 Å². The van der Waals surface area contributed by atoms with E-state index >= 15 is 0 Å². The predicted molar refractivity (Wildman–Crippen MR) is 62.3 cm³/mol. The van der Waals surface area contributed by atoms with Crippen molar-refractivity contribution in [3.63, 3.8) is 0 Å². The standard InChI is InChI=1S/C7H5NOS.C3H3N3/c9-7-5-3-1-2-4-6(5)10-8-7;1-2-4-6-5-3-1/h1-4H,(H,8,9);1-3H. The van der Waals surface area contributed by atoms with Crippen molar-refractivity contribution in [2.45, 2.75) is 0 Å². The van der Waals surface area contributed by atoms with Crippen LogP contribution in [0.2, 0.25) is 0 Å². The monoisotopic (exact) mass is 232 g/mol. The fraction of sp³-hybridized carbons (Fsp3) is 0. The molecule has 3 rings (SSSR count). The summed E-state index contributed by atoms with van der Waals surface area (Å²) in [5, 5.41) is 10.9. The summed E-state index contributed by atoms with van der Waals surface area (Å²) >= 11 is 1.38. The van der Waals surface area contributed by atoms with E-state index in [1.54, 1.807) is 18.5 Å². The smallest absolute Gasteiger partial charge is 0.265 e. The number of benzene rings is 1. The van der Waals surface area contributed by atoms with Crippen LogP contribution < -0.4 is 5.56 Å². The van der Waals surface area contributed by atoms with Crippen LogP contribution in [0.25, 0.3) is 10.1 Å². The van der Waals surface area contributed by atoms with Crippen LogP contribution in [0, 0.1) is 0 Å². The van der Waals surface area contributed by atoms with Gasteiger partial charge in [0.2, 0.25) is 0 Å². The summed E-state index contributed by atoms with van der Waals surface area (Å²) in [7, 11) is 0. The molecule has 0 saturated heterocycles. The highest BCUT2D eigenvalue weighted by Crippen LogP contribution is 2.11. The summed E-state index contributed by atoms with van der Waals surface area (Å²) in [6, 6.07) is 9.26. The van der Waals surface area contributed by atoms with Crippen LogP contribution in [0.3, 0.4) is 0 Å². The molecule has 2 heterocycles. The van der Waals surface area contributed by atoms with Crippen molar-refractivity contribution in [2.75, 3.05) is 0 Å². The molecule has 0 aliphatic heterocycles. The van der Waals surface area contributed by atoms with Crippen molar-refractivity contribution in [1.29, 1.82) is 0 Å². The lowest BCUT2D eigenvalue weighted by Crippen LogP contribution is -1.94. The molecule has 5 nitrogen and oxygen atoms in total. The van der Waals surface area contributed by atoms with Crippen LogP contribution in [0.15, 0.2) is 47.5 Å². The Kier molecular flexibility index (Phi) is 3.35. The Bertz CT molecular complexity index is 578. The van der Waals surface area contributed by atoms with Crippen LogP contribution in [0.4, 0.5) is 0 Å². The Morgan fingerprint density at radius 2 is 1.81 bits per heavy atom. The number of hydrogen-bond donors (Lipinski definition) is 1. The van der Waals surface area contributed by atoms with E-state index in [2.05, 4.69) is 19.8 Å². The Labute approximate surface area is 94.9 Å². The summed E-state index contributed by atoms with van der Waals surface area (Å²) in [4.78, 5) is 10.9. The van der Waals surface area contributed by atoms with Crippen LogP contribution >= 0.6 is 11.5 Å². The molecule has 0 saturated carbocycles. The third kappa shape index (κ3) is 2.48. The lowest BCUT2D eigenvalue weighted by molar-refractivity contribution is 0.865. The van der Waals surface area contributed by atoms with E-state index in [1.165, 1.54) is 11.5 Å². The van der Waals surface area contributed by atoms with Gasteiger partial charge in [0.1, 0.15) is 0 Å². The Balaban J connectivity index is 0.000000138. The van der Waals surface area contributed by atoms with Gasteiger partial charge in [0.25, 0.3) is 5.56 Å². The largest absolute Gasteiger partial charge is 0.277 e. The highest BCUT2D eigenvalue weighted by molar-refractivity contribution is 7.13. The number of nitrogens with one attached hydrogen (secondary N) is 1. The number of aromatic nitrogens is 4. The van der Waals surface area contributed by atoms with Gasteiger partial charge in [-0.3, -0.25) is 9.17 Å². The minimum absolute atomic E-state index is 0.0144. The quantitative estimate of drug-likeness (QED) is 0.637. The lowest BCUT2D eigenvalue weighted by atomic mass is 10.3. The average Bonchev–Trinajstić information content (AvgIpc) is 2.75. The molecule has 1 N–H and O–H groups in total. The third-order valence-electron chi connectivity index (χ3n) is 1.79. The topological polar surface area (TPSA) is 71.5 Å². The Hall–Kier alpha value is -2.08. The molecular formula is C10H8N4OS. The van der Waals surface area contributed by atoms with Crippen molar-refractivity contribution >= 4 is 21.6 Å². The number of hydrogen-bond acceptors (Lipinski definition) is 5. The molecule has 0 amide bonds. The number of rotatable bonds is 0. The molecule has 0 aliphatic carbocycles. The molecule has 0 spiro atoms. The highest BCUT2D eigenvalue weighted by atomic mass is 32.1. The van der Waals surface area contributed by atoms with Crippen LogP contribution in [0.5, 0.6) is 0 Å². The first-order valence-electron chi connectivity index (χ1n) is 4.52. The zero-order chi connectivity index (χ0) is 11.2.